The van der Waals surface area contributed by atoms with Crippen LogP contribution in [0.25, 0.3) is 0 Å². The number of carbonyl (C=O) groups excluding carboxylic acids is 1. The van der Waals surface area contributed by atoms with Gasteiger partial charge >= 0.3 is 0 Å². The molecule has 0 spiro atoms. The summed E-state index contributed by atoms with van der Waals surface area (Å²) in [5, 5.41) is 4.20. The normalized spacial score (nSPS) is 11.8. The molecule has 0 aliphatic heterocycles. The van der Waals surface area contributed by atoms with E-state index >= 15 is 0 Å². The summed E-state index contributed by atoms with van der Waals surface area (Å²) in [5.74, 6) is -0.136. The molecule has 0 atom stereocenters. The lowest BCUT2D eigenvalue weighted by Crippen LogP contribution is -2.39. The summed E-state index contributed by atoms with van der Waals surface area (Å²) in [7, 11) is -3.96. The van der Waals surface area contributed by atoms with E-state index in [1.807, 2.05) is 0 Å². The van der Waals surface area contributed by atoms with Gasteiger partial charge in [0.2, 0.25) is 10.0 Å². The van der Waals surface area contributed by atoms with Crippen molar-refractivity contribution in [3.63, 3.8) is 0 Å². The minimum absolute atomic E-state index is 0.00750. The van der Waals surface area contributed by atoms with Crippen molar-refractivity contribution in [2.45, 2.75) is 11.4 Å². The minimum Gasteiger partial charge on any atom is -0.463 e. The summed E-state index contributed by atoms with van der Waals surface area (Å²) < 4.78 is 33.3. The number of furan rings is 1. The van der Waals surface area contributed by atoms with Crippen molar-refractivity contribution in [2.75, 3.05) is 6.54 Å². The SMILES string of the molecule is O=C(CN(Cc1ccc(Br)cc1)S(=O)(=O)c1ccc(Cl)cc1)N/N=C\c1ccco1. The van der Waals surface area contributed by atoms with Gasteiger partial charge in [0.1, 0.15) is 5.76 Å². The number of carbonyl (C=O) groups is 1. The first-order chi connectivity index (χ1) is 14.3. The average molecular weight is 511 g/mol. The predicted octanol–water partition coefficient (Wildman–Crippen LogP) is 4.04. The Labute approximate surface area is 187 Å². The molecule has 1 aromatic heterocycles. The molecular weight excluding hydrogens is 494 g/mol. The first kappa shape index (κ1) is 22.2. The number of hydrogen-bond donors (Lipinski definition) is 1. The second kappa shape index (κ2) is 10.0. The van der Waals surface area contributed by atoms with Crippen molar-refractivity contribution in [3.8, 4) is 0 Å². The Kier molecular flexibility index (Phi) is 7.43. The maximum atomic E-state index is 13.2. The molecule has 0 unspecified atom stereocenters. The van der Waals surface area contributed by atoms with Crippen molar-refractivity contribution in [1.82, 2.24) is 9.73 Å². The molecule has 2 aromatic carbocycles. The fourth-order valence-electron chi connectivity index (χ4n) is 2.50. The standard InChI is InChI=1S/C20H17BrClN3O4S/c21-16-5-3-15(4-6-16)13-25(30(27,28)19-9-7-17(22)8-10-19)14-20(26)24-23-12-18-2-1-11-29-18/h1-12H,13-14H2,(H,24,26)/b23-12-. The molecule has 0 bridgehead atoms. The van der Waals surface area contributed by atoms with Crippen LogP contribution in [0.1, 0.15) is 11.3 Å². The average Bonchev–Trinajstić information content (AvgIpc) is 3.23. The van der Waals surface area contributed by atoms with Crippen molar-refractivity contribution in [2.24, 2.45) is 5.10 Å². The summed E-state index contributed by atoms with van der Waals surface area (Å²) in [4.78, 5) is 12.4. The molecule has 3 aromatic rings. The highest BCUT2D eigenvalue weighted by atomic mass is 79.9. The molecule has 0 fully saturated rings. The fourth-order valence-corrected chi connectivity index (χ4v) is 4.28. The van der Waals surface area contributed by atoms with Gasteiger partial charge in [-0.2, -0.15) is 9.41 Å². The number of hydrogen-bond acceptors (Lipinski definition) is 5. The van der Waals surface area contributed by atoms with E-state index in [1.54, 1.807) is 36.4 Å². The summed E-state index contributed by atoms with van der Waals surface area (Å²) in [5.41, 5.74) is 3.04. The Hall–Kier alpha value is -2.46. The van der Waals surface area contributed by atoms with E-state index < -0.39 is 22.5 Å². The van der Waals surface area contributed by atoms with Crippen molar-refractivity contribution < 1.29 is 17.6 Å². The quantitative estimate of drug-likeness (QED) is 0.366. The highest BCUT2D eigenvalue weighted by Gasteiger charge is 2.27. The monoisotopic (exact) mass is 509 g/mol. The Morgan fingerprint density at radius 1 is 1.13 bits per heavy atom. The van der Waals surface area contributed by atoms with Crippen molar-refractivity contribution >= 4 is 49.7 Å². The van der Waals surface area contributed by atoms with Gasteiger partial charge < -0.3 is 4.42 Å². The third-order valence-corrected chi connectivity index (χ3v) is 6.55. The molecule has 0 radical (unpaired) electrons. The Balaban J connectivity index is 1.80. The number of hydrazone groups is 1. The van der Waals surface area contributed by atoms with Gasteiger partial charge in [0.15, 0.2) is 0 Å². The number of sulfonamides is 1. The number of benzene rings is 2. The van der Waals surface area contributed by atoms with Gasteiger partial charge in [-0.3, -0.25) is 4.79 Å². The van der Waals surface area contributed by atoms with E-state index in [0.717, 1.165) is 14.3 Å². The zero-order valence-corrected chi connectivity index (χ0v) is 18.7. The van der Waals surface area contributed by atoms with Gasteiger partial charge in [-0.1, -0.05) is 39.7 Å². The van der Waals surface area contributed by atoms with Crippen LogP contribution in [0.5, 0.6) is 0 Å². The topological polar surface area (TPSA) is 92.0 Å². The third-order valence-electron chi connectivity index (χ3n) is 3.97. The van der Waals surface area contributed by atoms with Gasteiger partial charge in [-0.25, -0.2) is 13.8 Å². The highest BCUT2D eigenvalue weighted by Crippen LogP contribution is 2.21. The zero-order valence-electron chi connectivity index (χ0n) is 15.5. The molecule has 30 heavy (non-hydrogen) atoms. The first-order valence-electron chi connectivity index (χ1n) is 8.70. The molecule has 0 saturated carbocycles. The van der Waals surface area contributed by atoms with Crippen LogP contribution < -0.4 is 5.43 Å². The summed E-state index contributed by atoms with van der Waals surface area (Å²) >= 11 is 9.22. The van der Waals surface area contributed by atoms with Crippen LogP contribution >= 0.6 is 27.5 Å². The molecule has 0 saturated heterocycles. The second-order valence-corrected chi connectivity index (χ2v) is 9.45. The highest BCUT2D eigenvalue weighted by molar-refractivity contribution is 9.10. The van der Waals surface area contributed by atoms with Crippen molar-refractivity contribution in [3.05, 3.63) is 87.7 Å². The number of halogens is 2. The van der Waals surface area contributed by atoms with Crippen molar-refractivity contribution in [1.29, 1.82) is 0 Å². The lowest BCUT2D eigenvalue weighted by Gasteiger charge is -2.21. The van der Waals surface area contributed by atoms with E-state index in [9.17, 15) is 13.2 Å². The molecule has 1 heterocycles. The maximum Gasteiger partial charge on any atom is 0.255 e. The molecule has 0 aliphatic carbocycles. The maximum absolute atomic E-state index is 13.2. The number of amides is 1. The lowest BCUT2D eigenvalue weighted by molar-refractivity contribution is -0.121. The van der Waals surface area contributed by atoms with Crippen LogP contribution in [0.4, 0.5) is 0 Å². The van der Waals surface area contributed by atoms with Gasteiger partial charge in [-0.15, -0.1) is 0 Å². The van der Waals surface area contributed by atoms with Gasteiger partial charge in [0, 0.05) is 16.0 Å². The van der Waals surface area contributed by atoms with E-state index in [0.29, 0.717) is 10.8 Å². The molecule has 7 nitrogen and oxygen atoms in total. The Bertz CT molecular complexity index is 1120. The van der Waals surface area contributed by atoms with Gasteiger partial charge in [0.05, 0.1) is 23.9 Å². The summed E-state index contributed by atoms with van der Waals surface area (Å²) in [6, 6.07) is 16.3. The molecule has 0 aliphatic rings. The van der Waals surface area contributed by atoms with Crippen LogP contribution in [0.15, 0.2) is 85.8 Å². The third kappa shape index (κ3) is 6.02. The summed E-state index contributed by atoms with van der Waals surface area (Å²) in [6.07, 6.45) is 2.80. The number of nitrogens with one attached hydrogen (secondary N) is 1. The van der Waals surface area contributed by atoms with E-state index in [1.165, 1.54) is 36.7 Å². The second-order valence-electron chi connectivity index (χ2n) is 6.16. The minimum atomic E-state index is -3.96. The predicted molar refractivity (Wildman–Crippen MR) is 118 cm³/mol. The van der Waals surface area contributed by atoms with E-state index in [4.69, 9.17) is 16.0 Å². The Morgan fingerprint density at radius 3 is 2.47 bits per heavy atom. The molecule has 1 N–H and O–H groups in total. The van der Waals surface area contributed by atoms with Crippen LogP contribution in [0, 0.1) is 0 Å². The Morgan fingerprint density at radius 2 is 1.83 bits per heavy atom. The largest absolute Gasteiger partial charge is 0.463 e. The molecular formula is C20H17BrClN3O4S. The molecule has 1 amide bonds. The molecule has 156 valence electrons. The van der Waals surface area contributed by atoms with Gasteiger partial charge in [0.25, 0.3) is 5.91 Å². The molecule has 3 rings (SSSR count). The number of nitrogens with zero attached hydrogens (tertiary/aromatic N) is 2. The summed E-state index contributed by atoms with van der Waals surface area (Å²) in [6.45, 7) is -0.413. The van der Waals surface area contributed by atoms with Crippen LogP contribution in [-0.2, 0) is 21.4 Å². The van der Waals surface area contributed by atoms with Crippen LogP contribution in [-0.4, -0.2) is 31.4 Å². The fraction of sp³-hybridized carbons (Fsp3) is 0.100. The van der Waals surface area contributed by atoms with E-state index in [2.05, 4.69) is 26.5 Å². The number of rotatable bonds is 8. The molecule has 10 heteroatoms. The zero-order chi connectivity index (χ0) is 21.6. The van der Waals surface area contributed by atoms with Crippen LogP contribution in [0.3, 0.4) is 0 Å². The van der Waals surface area contributed by atoms with E-state index in [-0.39, 0.29) is 11.4 Å². The smallest absolute Gasteiger partial charge is 0.255 e. The van der Waals surface area contributed by atoms with Gasteiger partial charge in [-0.05, 0) is 54.1 Å². The lowest BCUT2D eigenvalue weighted by atomic mass is 10.2. The first-order valence-corrected chi connectivity index (χ1v) is 11.3. The van der Waals surface area contributed by atoms with Crippen LogP contribution in [0.2, 0.25) is 5.02 Å².